The average molecular weight is 177 g/mol. The highest BCUT2D eigenvalue weighted by Gasteiger charge is 2.42. The van der Waals surface area contributed by atoms with E-state index in [2.05, 4.69) is 11.4 Å². The van der Waals surface area contributed by atoms with E-state index in [-0.39, 0.29) is 5.54 Å². The summed E-state index contributed by atoms with van der Waals surface area (Å²) in [6.07, 6.45) is 2.35. The van der Waals surface area contributed by atoms with Crippen molar-refractivity contribution in [3.8, 4) is 5.75 Å². The Kier molecular flexibility index (Phi) is 1.81. The first-order valence-corrected chi connectivity index (χ1v) is 4.67. The summed E-state index contributed by atoms with van der Waals surface area (Å²) in [5.41, 5.74) is 2.30. The van der Waals surface area contributed by atoms with Crippen LogP contribution in [0.15, 0.2) is 18.2 Å². The van der Waals surface area contributed by atoms with Crippen molar-refractivity contribution >= 4 is 0 Å². The van der Waals surface area contributed by atoms with Crippen LogP contribution in [0.1, 0.15) is 24.0 Å². The van der Waals surface area contributed by atoms with Crippen molar-refractivity contribution in [2.24, 2.45) is 0 Å². The van der Waals surface area contributed by atoms with Crippen LogP contribution in [0.3, 0.4) is 0 Å². The summed E-state index contributed by atoms with van der Waals surface area (Å²) in [5, 5.41) is 12.9. The monoisotopic (exact) mass is 177 g/mol. The van der Waals surface area contributed by atoms with Crippen molar-refractivity contribution in [3.63, 3.8) is 0 Å². The van der Waals surface area contributed by atoms with Gasteiger partial charge in [0, 0.05) is 5.54 Å². The smallest absolute Gasteiger partial charge is 0.118 e. The van der Waals surface area contributed by atoms with E-state index in [9.17, 15) is 5.11 Å². The number of aromatic hydroxyl groups is 1. The van der Waals surface area contributed by atoms with Gasteiger partial charge in [0.05, 0.1) is 0 Å². The number of phenolic OH excluding ortho intramolecular Hbond substituents is 1. The van der Waals surface area contributed by atoms with E-state index >= 15 is 0 Å². The molecule has 1 aromatic rings. The highest BCUT2D eigenvalue weighted by atomic mass is 16.3. The van der Waals surface area contributed by atoms with Crippen molar-refractivity contribution in [2.45, 2.75) is 25.3 Å². The second-order valence-corrected chi connectivity index (χ2v) is 3.83. The number of hydrogen-bond acceptors (Lipinski definition) is 2. The molecule has 2 N–H and O–H groups in total. The van der Waals surface area contributed by atoms with Crippen LogP contribution in [0.5, 0.6) is 5.75 Å². The zero-order valence-corrected chi connectivity index (χ0v) is 8.09. The van der Waals surface area contributed by atoms with Crippen LogP contribution in [0.2, 0.25) is 0 Å². The molecule has 1 saturated carbocycles. The van der Waals surface area contributed by atoms with E-state index in [1.165, 1.54) is 18.4 Å². The van der Waals surface area contributed by atoms with Gasteiger partial charge in [0.1, 0.15) is 5.75 Å². The van der Waals surface area contributed by atoms with Gasteiger partial charge in [0.2, 0.25) is 0 Å². The van der Waals surface area contributed by atoms with E-state index in [1.807, 2.05) is 26.1 Å². The Hall–Kier alpha value is -1.02. The van der Waals surface area contributed by atoms with Gasteiger partial charge >= 0.3 is 0 Å². The van der Waals surface area contributed by atoms with E-state index in [1.54, 1.807) is 0 Å². The third-order valence-corrected chi connectivity index (χ3v) is 2.99. The van der Waals surface area contributed by atoms with Crippen LogP contribution in [-0.4, -0.2) is 12.2 Å². The second-order valence-electron chi connectivity index (χ2n) is 3.83. The molecule has 0 amide bonds. The zero-order chi connectivity index (χ0) is 9.47. The lowest BCUT2D eigenvalue weighted by Gasteiger charge is -2.15. The van der Waals surface area contributed by atoms with Crippen LogP contribution in [0.4, 0.5) is 0 Å². The van der Waals surface area contributed by atoms with Crippen LogP contribution in [0.25, 0.3) is 0 Å². The standard InChI is InChI=1S/C11H15NO/c1-8-3-4-9(7-10(8)13)11(12-2)5-6-11/h3-4,7,12-13H,5-6H2,1-2H3. The SMILES string of the molecule is CNC1(c2ccc(C)c(O)c2)CC1. The summed E-state index contributed by atoms with van der Waals surface area (Å²) < 4.78 is 0. The number of nitrogens with one attached hydrogen (secondary N) is 1. The molecule has 0 saturated heterocycles. The van der Waals surface area contributed by atoms with E-state index < -0.39 is 0 Å². The summed E-state index contributed by atoms with van der Waals surface area (Å²) in [6, 6.07) is 5.94. The molecule has 0 bridgehead atoms. The lowest BCUT2D eigenvalue weighted by Crippen LogP contribution is -2.24. The molecule has 0 unspecified atom stereocenters. The van der Waals surface area contributed by atoms with Crippen molar-refractivity contribution < 1.29 is 5.11 Å². The minimum absolute atomic E-state index is 0.158. The Balaban J connectivity index is 2.37. The molecule has 1 fully saturated rings. The molecule has 13 heavy (non-hydrogen) atoms. The van der Waals surface area contributed by atoms with E-state index in [0.717, 1.165) is 5.56 Å². The maximum atomic E-state index is 9.56. The number of benzene rings is 1. The molecule has 2 nitrogen and oxygen atoms in total. The van der Waals surface area contributed by atoms with Gasteiger partial charge in [-0.2, -0.15) is 0 Å². The molecule has 0 spiro atoms. The van der Waals surface area contributed by atoms with Gasteiger partial charge in [-0.15, -0.1) is 0 Å². The fraction of sp³-hybridized carbons (Fsp3) is 0.455. The molecule has 70 valence electrons. The van der Waals surface area contributed by atoms with Crippen molar-refractivity contribution in [1.29, 1.82) is 0 Å². The van der Waals surface area contributed by atoms with E-state index in [0.29, 0.717) is 5.75 Å². The molecule has 1 aromatic carbocycles. The van der Waals surface area contributed by atoms with Crippen LogP contribution >= 0.6 is 0 Å². The Morgan fingerprint density at radius 3 is 2.54 bits per heavy atom. The van der Waals surface area contributed by atoms with Gasteiger partial charge in [0.15, 0.2) is 0 Å². The summed E-state index contributed by atoms with van der Waals surface area (Å²) >= 11 is 0. The van der Waals surface area contributed by atoms with E-state index in [4.69, 9.17) is 0 Å². The zero-order valence-electron chi connectivity index (χ0n) is 8.09. The van der Waals surface area contributed by atoms with Gasteiger partial charge in [-0.3, -0.25) is 0 Å². The quantitative estimate of drug-likeness (QED) is 0.723. The molecule has 0 atom stereocenters. The van der Waals surface area contributed by atoms with Crippen LogP contribution < -0.4 is 5.32 Å². The molecular weight excluding hydrogens is 162 g/mol. The minimum Gasteiger partial charge on any atom is -0.508 e. The van der Waals surface area contributed by atoms with Gasteiger partial charge < -0.3 is 10.4 Å². The average Bonchev–Trinajstić information content (AvgIpc) is 2.90. The molecule has 0 aliphatic heterocycles. The van der Waals surface area contributed by atoms with Crippen molar-refractivity contribution in [1.82, 2.24) is 5.32 Å². The van der Waals surface area contributed by atoms with Gasteiger partial charge in [-0.25, -0.2) is 0 Å². The first-order valence-electron chi connectivity index (χ1n) is 4.67. The first kappa shape index (κ1) is 8.57. The fourth-order valence-electron chi connectivity index (χ4n) is 1.72. The Morgan fingerprint density at radius 1 is 1.38 bits per heavy atom. The van der Waals surface area contributed by atoms with Crippen LogP contribution in [0, 0.1) is 6.92 Å². The predicted octanol–water partition coefficient (Wildman–Crippen LogP) is 1.91. The third-order valence-electron chi connectivity index (χ3n) is 2.99. The fourth-order valence-corrected chi connectivity index (χ4v) is 1.72. The van der Waals surface area contributed by atoms with Gasteiger partial charge in [-0.05, 0) is 44.0 Å². The normalized spacial score (nSPS) is 18.6. The molecule has 1 aliphatic rings. The molecule has 2 heteroatoms. The largest absolute Gasteiger partial charge is 0.508 e. The van der Waals surface area contributed by atoms with Crippen LogP contribution in [-0.2, 0) is 5.54 Å². The summed E-state index contributed by atoms with van der Waals surface area (Å²) in [4.78, 5) is 0. The lowest BCUT2D eigenvalue weighted by atomic mass is 10.0. The Bertz CT molecular complexity index is 329. The number of aryl methyl sites for hydroxylation is 1. The topological polar surface area (TPSA) is 32.3 Å². The summed E-state index contributed by atoms with van der Waals surface area (Å²) in [6.45, 7) is 1.91. The molecule has 1 aliphatic carbocycles. The minimum atomic E-state index is 0.158. The number of phenols is 1. The van der Waals surface area contributed by atoms with Gasteiger partial charge in [0.25, 0.3) is 0 Å². The summed E-state index contributed by atoms with van der Waals surface area (Å²) in [5.74, 6) is 0.402. The highest BCUT2D eigenvalue weighted by molar-refractivity contribution is 5.40. The Labute approximate surface area is 78.6 Å². The van der Waals surface area contributed by atoms with Crippen molar-refractivity contribution in [2.75, 3.05) is 7.05 Å². The molecular formula is C11H15NO. The molecule has 0 aromatic heterocycles. The number of hydrogen-bond donors (Lipinski definition) is 2. The lowest BCUT2D eigenvalue weighted by molar-refractivity contribution is 0.467. The maximum Gasteiger partial charge on any atom is 0.118 e. The predicted molar refractivity (Wildman–Crippen MR) is 52.8 cm³/mol. The third kappa shape index (κ3) is 1.31. The van der Waals surface area contributed by atoms with Crippen molar-refractivity contribution in [3.05, 3.63) is 29.3 Å². The highest BCUT2D eigenvalue weighted by Crippen LogP contribution is 2.45. The summed E-state index contributed by atoms with van der Waals surface area (Å²) in [7, 11) is 1.98. The number of rotatable bonds is 2. The molecule has 2 rings (SSSR count). The Morgan fingerprint density at radius 2 is 2.08 bits per heavy atom. The first-order chi connectivity index (χ1) is 6.18. The van der Waals surface area contributed by atoms with Gasteiger partial charge in [-0.1, -0.05) is 12.1 Å². The molecule has 0 radical (unpaired) electrons. The second kappa shape index (κ2) is 2.74. The molecule has 0 heterocycles. The maximum absolute atomic E-state index is 9.56.